The lowest BCUT2D eigenvalue weighted by Crippen LogP contribution is -2.55. The van der Waals surface area contributed by atoms with Crippen LogP contribution in [0.3, 0.4) is 0 Å². The van der Waals surface area contributed by atoms with E-state index in [1.54, 1.807) is 0 Å². The average Bonchev–Trinajstić information content (AvgIpc) is 2.43. The van der Waals surface area contributed by atoms with Crippen LogP contribution in [0.4, 0.5) is 0 Å². The van der Waals surface area contributed by atoms with Crippen LogP contribution in [0.5, 0.6) is 0 Å². The van der Waals surface area contributed by atoms with Gasteiger partial charge in [-0.25, -0.2) is 0 Å². The largest absolute Gasteiger partial charge is 0.324 e. The van der Waals surface area contributed by atoms with Crippen LogP contribution >= 0.6 is 0 Å². The summed E-state index contributed by atoms with van der Waals surface area (Å²) in [5.41, 5.74) is 7.52. The molecule has 0 aromatic heterocycles. The molecule has 19 heavy (non-hydrogen) atoms. The Bertz CT molecular complexity index is 367. The van der Waals surface area contributed by atoms with Crippen molar-refractivity contribution in [3.05, 3.63) is 35.9 Å². The van der Waals surface area contributed by atoms with Gasteiger partial charge in [-0.2, -0.15) is 0 Å². The van der Waals surface area contributed by atoms with E-state index >= 15 is 0 Å². The highest BCUT2D eigenvalue weighted by Crippen LogP contribution is 2.17. The third-order valence-corrected chi connectivity index (χ3v) is 4.42. The third kappa shape index (κ3) is 3.78. The number of likely N-dealkylation sites (N-methyl/N-ethyl adjacent to an activating group) is 1. The van der Waals surface area contributed by atoms with Gasteiger partial charge in [0.25, 0.3) is 0 Å². The van der Waals surface area contributed by atoms with Crippen LogP contribution in [-0.2, 0) is 0 Å². The molecule has 1 aromatic rings. The highest BCUT2D eigenvalue weighted by molar-refractivity contribution is 5.18. The van der Waals surface area contributed by atoms with E-state index in [9.17, 15) is 0 Å². The van der Waals surface area contributed by atoms with Crippen molar-refractivity contribution in [3.63, 3.8) is 0 Å². The minimum absolute atomic E-state index is 0.159. The van der Waals surface area contributed by atoms with E-state index in [0.717, 1.165) is 26.1 Å². The standard InChI is InChI=1S/C16H27N3/c1-13-11-19(12-14(2)18(13)3)10-9-16(17)15-7-5-4-6-8-15/h4-8,13-14,16H,9-12,17H2,1-3H3. The van der Waals surface area contributed by atoms with Gasteiger partial charge in [0.1, 0.15) is 0 Å². The molecule has 1 saturated heterocycles. The molecule has 0 spiro atoms. The molecule has 1 aliphatic heterocycles. The Morgan fingerprint density at radius 2 is 1.74 bits per heavy atom. The molecule has 0 bridgehead atoms. The molecular weight excluding hydrogens is 234 g/mol. The van der Waals surface area contributed by atoms with Gasteiger partial charge in [0, 0.05) is 37.8 Å². The lowest BCUT2D eigenvalue weighted by Gasteiger charge is -2.42. The first-order valence-corrected chi connectivity index (χ1v) is 7.32. The summed E-state index contributed by atoms with van der Waals surface area (Å²) in [7, 11) is 2.22. The lowest BCUT2D eigenvalue weighted by molar-refractivity contribution is 0.0584. The zero-order valence-corrected chi connectivity index (χ0v) is 12.4. The van der Waals surface area contributed by atoms with Crippen LogP contribution in [0.15, 0.2) is 30.3 Å². The van der Waals surface area contributed by atoms with Gasteiger partial charge in [0.15, 0.2) is 0 Å². The lowest BCUT2D eigenvalue weighted by atomic mass is 10.0. The fourth-order valence-electron chi connectivity index (χ4n) is 2.89. The van der Waals surface area contributed by atoms with Crippen LogP contribution in [0.25, 0.3) is 0 Å². The van der Waals surface area contributed by atoms with Crippen molar-refractivity contribution in [2.24, 2.45) is 5.73 Å². The summed E-state index contributed by atoms with van der Waals surface area (Å²) in [5.74, 6) is 0. The van der Waals surface area contributed by atoms with Crippen molar-refractivity contribution in [3.8, 4) is 0 Å². The van der Waals surface area contributed by atoms with Crippen LogP contribution < -0.4 is 5.73 Å². The molecular formula is C16H27N3. The maximum absolute atomic E-state index is 6.27. The van der Waals surface area contributed by atoms with Crippen molar-refractivity contribution >= 4 is 0 Å². The highest BCUT2D eigenvalue weighted by Gasteiger charge is 2.26. The molecule has 1 aliphatic rings. The Morgan fingerprint density at radius 3 is 2.32 bits per heavy atom. The molecule has 0 saturated carbocycles. The minimum atomic E-state index is 0.159. The smallest absolute Gasteiger partial charge is 0.0307 e. The number of nitrogens with zero attached hydrogens (tertiary/aromatic N) is 2. The second-order valence-electron chi connectivity index (χ2n) is 5.93. The van der Waals surface area contributed by atoms with E-state index in [4.69, 9.17) is 5.73 Å². The molecule has 1 fully saturated rings. The zero-order valence-electron chi connectivity index (χ0n) is 12.4. The number of benzene rings is 1. The van der Waals surface area contributed by atoms with Gasteiger partial charge in [-0.15, -0.1) is 0 Å². The number of nitrogens with two attached hydrogens (primary N) is 1. The number of piperazine rings is 1. The topological polar surface area (TPSA) is 32.5 Å². The maximum atomic E-state index is 6.27. The first-order valence-electron chi connectivity index (χ1n) is 7.32. The quantitative estimate of drug-likeness (QED) is 0.901. The summed E-state index contributed by atoms with van der Waals surface area (Å²) in [6, 6.07) is 11.9. The minimum Gasteiger partial charge on any atom is -0.324 e. The van der Waals surface area contributed by atoms with Crippen LogP contribution in [0.1, 0.15) is 31.9 Å². The Kier molecular flexibility index (Phi) is 4.97. The monoisotopic (exact) mass is 261 g/mol. The predicted octanol–water partition coefficient (Wildman–Crippen LogP) is 2.10. The Labute approximate surface area is 117 Å². The average molecular weight is 261 g/mol. The molecule has 106 valence electrons. The number of rotatable bonds is 4. The Balaban J connectivity index is 1.83. The fraction of sp³-hybridized carbons (Fsp3) is 0.625. The van der Waals surface area contributed by atoms with E-state index in [2.05, 4.69) is 55.0 Å². The summed E-state index contributed by atoms with van der Waals surface area (Å²) in [6.07, 6.45) is 1.03. The van der Waals surface area contributed by atoms with Gasteiger partial charge in [0.05, 0.1) is 0 Å². The molecule has 2 rings (SSSR count). The predicted molar refractivity (Wildman–Crippen MR) is 81.1 cm³/mol. The van der Waals surface area contributed by atoms with E-state index in [1.165, 1.54) is 5.56 Å². The molecule has 1 aromatic carbocycles. The van der Waals surface area contributed by atoms with E-state index < -0.39 is 0 Å². The highest BCUT2D eigenvalue weighted by atomic mass is 15.3. The Hall–Kier alpha value is -0.900. The summed E-state index contributed by atoms with van der Waals surface area (Å²) in [5, 5.41) is 0. The molecule has 3 unspecified atom stereocenters. The van der Waals surface area contributed by atoms with Crippen molar-refractivity contribution in [1.82, 2.24) is 9.80 Å². The van der Waals surface area contributed by atoms with Crippen molar-refractivity contribution in [2.75, 3.05) is 26.7 Å². The Morgan fingerprint density at radius 1 is 1.16 bits per heavy atom. The van der Waals surface area contributed by atoms with Crippen LogP contribution in [-0.4, -0.2) is 48.6 Å². The molecule has 0 amide bonds. The van der Waals surface area contributed by atoms with Gasteiger partial charge < -0.3 is 10.6 Å². The zero-order chi connectivity index (χ0) is 13.8. The molecule has 2 N–H and O–H groups in total. The van der Waals surface area contributed by atoms with Gasteiger partial charge in [-0.1, -0.05) is 30.3 Å². The fourth-order valence-corrected chi connectivity index (χ4v) is 2.89. The third-order valence-electron chi connectivity index (χ3n) is 4.42. The number of hydrogen-bond donors (Lipinski definition) is 1. The first kappa shape index (κ1) is 14.5. The molecule has 3 heteroatoms. The van der Waals surface area contributed by atoms with E-state index in [1.807, 2.05) is 6.07 Å². The molecule has 3 atom stereocenters. The van der Waals surface area contributed by atoms with Crippen molar-refractivity contribution in [2.45, 2.75) is 38.4 Å². The molecule has 0 aliphatic carbocycles. The van der Waals surface area contributed by atoms with E-state index in [-0.39, 0.29) is 6.04 Å². The normalized spacial score (nSPS) is 27.4. The summed E-state index contributed by atoms with van der Waals surface area (Å²) in [4.78, 5) is 5.02. The second kappa shape index (κ2) is 6.51. The van der Waals surface area contributed by atoms with Crippen molar-refractivity contribution in [1.29, 1.82) is 0 Å². The summed E-state index contributed by atoms with van der Waals surface area (Å²) >= 11 is 0. The van der Waals surface area contributed by atoms with Crippen LogP contribution in [0.2, 0.25) is 0 Å². The van der Waals surface area contributed by atoms with Gasteiger partial charge >= 0.3 is 0 Å². The molecule has 1 heterocycles. The second-order valence-corrected chi connectivity index (χ2v) is 5.93. The molecule has 3 nitrogen and oxygen atoms in total. The van der Waals surface area contributed by atoms with Crippen molar-refractivity contribution < 1.29 is 0 Å². The SMILES string of the molecule is CC1CN(CCC(N)c2ccccc2)CC(C)N1C. The molecule has 0 radical (unpaired) electrons. The van der Waals surface area contributed by atoms with E-state index in [0.29, 0.717) is 12.1 Å². The van der Waals surface area contributed by atoms with Gasteiger partial charge in [-0.05, 0) is 32.9 Å². The first-order chi connectivity index (χ1) is 9.08. The van der Waals surface area contributed by atoms with Gasteiger partial charge in [-0.3, -0.25) is 4.90 Å². The van der Waals surface area contributed by atoms with Crippen LogP contribution in [0, 0.1) is 0 Å². The summed E-state index contributed by atoms with van der Waals surface area (Å²) in [6.45, 7) is 8.02. The van der Waals surface area contributed by atoms with Gasteiger partial charge in [0.2, 0.25) is 0 Å². The number of hydrogen-bond acceptors (Lipinski definition) is 3. The summed E-state index contributed by atoms with van der Waals surface area (Å²) < 4.78 is 0. The maximum Gasteiger partial charge on any atom is 0.0307 e.